The van der Waals surface area contributed by atoms with Crippen molar-refractivity contribution in [3.8, 4) is 0 Å². The van der Waals surface area contributed by atoms with Crippen LogP contribution in [0.1, 0.15) is 31.3 Å². The molecule has 1 aromatic heterocycles. The molecule has 0 aromatic carbocycles. The Morgan fingerprint density at radius 3 is 2.72 bits per heavy atom. The molecule has 18 heavy (non-hydrogen) atoms. The topological polar surface area (TPSA) is 77.2 Å². The highest BCUT2D eigenvalue weighted by Gasteiger charge is 2.19. The lowest BCUT2D eigenvalue weighted by molar-refractivity contribution is 0.0506. The van der Waals surface area contributed by atoms with E-state index in [2.05, 4.69) is 10.3 Å². The molecule has 0 aliphatic carbocycles. The lowest BCUT2D eigenvalue weighted by Crippen LogP contribution is -2.44. The molecular formula is C12H21N3O2S. The third kappa shape index (κ3) is 5.01. The molecule has 102 valence electrons. The van der Waals surface area contributed by atoms with Crippen LogP contribution in [-0.2, 0) is 11.2 Å². The number of aryl methyl sites for hydroxylation is 1. The highest BCUT2D eigenvalue weighted by atomic mass is 32.1. The van der Waals surface area contributed by atoms with Crippen LogP contribution in [0.15, 0.2) is 5.51 Å². The Kier molecular flexibility index (Phi) is 5.10. The molecule has 1 unspecified atom stereocenters. The molecule has 0 aliphatic rings. The van der Waals surface area contributed by atoms with Crippen molar-refractivity contribution in [1.29, 1.82) is 0 Å². The van der Waals surface area contributed by atoms with Gasteiger partial charge < -0.3 is 15.8 Å². The summed E-state index contributed by atoms with van der Waals surface area (Å²) in [5.74, 6) is 0. The zero-order valence-electron chi connectivity index (χ0n) is 11.3. The lowest BCUT2D eigenvalue weighted by atomic mass is 10.1. The number of aromatic nitrogens is 1. The Labute approximate surface area is 112 Å². The van der Waals surface area contributed by atoms with E-state index in [1.807, 2.05) is 27.7 Å². The molecule has 1 amide bonds. The van der Waals surface area contributed by atoms with Gasteiger partial charge in [0, 0.05) is 23.9 Å². The van der Waals surface area contributed by atoms with Gasteiger partial charge in [-0.15, -0.1) is 11.3 Å². The van der Waals surface area contributed by atoms with Gasteiger partial charge in [-0.1, -0.05) is 0 Å². The van der Waals surface area contributed by atoms with Crippen LogP contribution in [0.25, 0.3) is 0 Å². The number of carbonyl (C=O) groups excluding carboxylic acids is 1. The van der Waals surface area contributed by atoms with E-state index in [4.69, 9.17) is 10.5 Å². The Morgan fingerprint density at radius 1 is 1.61 bits per heavy atom. The average molecular weight is 271 g/mol. The van der Waals surface area contributed by atoms with Crippen LogP contribution in [0.3, 0.4) is 0 Å². The predicted molar refractivity (Wildman–Crippen MR) is 72.8 cm³/mol. The summed E-state index contributed by atoms with van der Waals surface area (Å²) in [6, 6.07) is -0.126. The molecule has 0 saturated carbocycles. The number of ether oxygens (including phenoxy) is 1. The molecule has 1 rings (SSSR count). The van der Waals surface area contributed by atoms with E-state index in [0.29, 0.717) is 13.0 Å². The number of thiazole rings is 1. The Hall–Kier alpha value is -1.14. The molecule has 0 radical (unpaired) electrons. The smallest absolute Gasteiger partial charge is 0.407 e. The molecule has 0 aliphatic heterocycles. The van der Waals surface area contributed by atoms with Crippen molar-refractivity contribution in [2.45, 2.75) is 45.8 Å². The van der Waals surface area contributed by atoms with Crippen LogP contribution in [0, 0.1) is 6.92 Å². The summed E-state index contributed by atoms with van der Waals surface area (Å²) in [5, 5.41) is 2.78. The third-order valence-corrected chi connectivity index (χ3v) is 3.24. The second kappa shape index (κ2) is 6.15. The van der Waals surface area contributed by atoms with Crippen molar-refractivity contribution < 1.29 is 9.53 Å². The SMILES string of the molecule is Cc1ncsc1CC(CN)NC(=O)OC(C)(C)C. The van der Waals surface area contributed by atoms with Gasteiger partial charge in [0.25, 0.3) is 0 Å². The van der Waals surface area contributed by atoms with Gasteiger partial charge in [-0.05, 0) is 27.7 Å². The van der Waals surface area contributed by atoms with Crippen LogP contribution in [-0.4, -0.2) is 29.3 Å². The van der Waals surface area contributed by atoms with Crippen molar-refractivity contribution in [2.75, 3.05) is 6.54 Å². The van der Waals surface area contributed by atoms with Crippen LogP contribution in [0.2, 0.25) is 0 Å². The number of carbonyl (C=O) groups is 1. The maximum absolute atomic E-state index is 11.6. The second-order valence-electron chi connectivity index (χ2n) is 5.14. The average Bonchev–Trinajstić information content (AvgIpc) is 2.60. The van der Waals surface area contributed by atoms with Crippen molar-refractivity contribution in [3.63, 3.8) is 0 Å². The number of nitrogens with two attached hydrogens (primary N) is 1. The van der Waals surface area contributed by atoms with Crippen LogP contribution in [0.5, 0.6) is 0 Å². The maximum Gasteiger partial charge on any atom is 0.407 e. The van der Waals surface area contributed by atoms with Crippen molar-refractivity contribution in [3.05, 3.63) is 16.1 Å². The third-order valence-electron chi connectivity index (χ3n) is 2.28. The fraction of sp³-hybridized carbons (Fsp3) is 0.667. The summed E-state index contributed by atoms with van der Waals surface area (Å²) in [6.45, 7) is 7.82. The van der Waals surface area contributed by atoms with E-state index in [0.717, 1.165) is 10.6 Å². The summed E-state index contributed by atoms with van der Waals surface area (Å²) in [4.78, 5) is 17.0. The fourth-order valence-corrected chi connectivity index (χ4v) is 2.27. The summed E-state index contributed by atoms with van der Waals surface area (Å²) in [6.07, 6.45) is 0.256. The Balaban J connectivity index is 2.52. The molecule has 1 aromatic rings. The summed E-state index contributed by atoms with van der Waals surface area (Å²) in [7, 11) is 0. The molecule has 1 atom stereocenters. The molecule has 6 heteroatoms. The van der Waals surface area contributed by atoms with Gasteiger partial charge in [0.05, 0.1) is 11.2 Å². The molecule has 3 N–H and O–H groups in total. The molecule has 0 saturated heterocycles. The van der Waals surface area contributed by atoms with Gasteiger partial charge >= 0.3 is 6.09 Å². The zero-order chi connectivity index (χ0) is 13.8. The number of hydrogen-bond acceptors (Lipinski definition) is 5. The number of alkyl carbamates (subject to hydrolysis) is 1. The van der Waals surface area contributed by atoms with Crippen molar-refractivity contribution in [1.82, 2.24) is 10.3 Å². The highest BCUT2D eigenvalue weighted by molar-refractivity contribution is 7.09. The molecule has 0 spiro atoms. The summed E-state index contributed by atoms with van der Waals surface area (Å²) < 4.78 is 5.20. The van der Waals surface area contributed by atoms with Gasteiger partial charge in [0.2, 0.25) is 0 Å². The number of nitrogens with zero attached hydrogens (tertiary/aromatic N) is 1. The minimum Gasteiger partial charge on any atom is -0.444 e. The number of hydrogen-bond donors (Lipinski definition) is 2. The van der Waals surface area contributed by atoms with Crippen molar-refractivity contribution in [2.24, 2.45) is 5.73 Å². The first-order chi connectivity index (χ1) is 8.31. The quantitative estimate of drug-likeness (QED) is 0.876. The summed E-state index contributed by atoms with van der Waals surface area (Å²) >= 11 is 1.57. The van der Waals surface area contributed by atoms with E-state index in [1.165, 1.54) is 0 Å². The van der Waals surface area contributed by atoms with E-state index in [-0.39, 0.29) is 6.04 Å². The van der Waals surface area contributed by atoms with Gasteiger partial charge in [-0.2, -0.15) is 0 Å². The van der Waals surface area contributed by atoms with E-state index in [9.17, 15) is 4.79 Å². The monoisotopic (exact) mass is 271 g/mol. The van der Waals surface area contributed by atoms with Gasteiger partial charge in [0.1, 0.15) is 5.60 Å². The van der Waals surface area contributed by atoms with E-state index < -0.39 is 11.7 Å². The largest absolute Gasteiger partial charge is 0.444 e. The molecule has 5 nitrogen and oxygen atoms in total. The molecule has 1 heterocycles. The minimum atomic E-state index is -0.496. The number of amides is 1. The maximum atomic E-state index is 11.6. The minimum absolute atomic E-state index is 0.126. The first-order valence-corrected chi connectivity index (χ1v) is 6.78. The Morgan fingerprint density at radius 2 is 2.28 bits per heavy atom. The first-order valence-electron chi connectivity index (χ1n) is 5.90. The van der Waals surface area contributed by atoms with Crippen LogP contribution < -0.4 is 11.1 Å². The molecular weight excluding hydrogens is 250 g/mol. The van der Waals surface area contributed by atoms with Gasteiger partial charge in [-0.25, -0.2) is 9.78 Å². The number of nitrogens with one attached hydrogen (secondary N) is 1. The van der Waals surface area contributed by atoms with Crippen LogP contribution in [0.4, 0.5) is 4.79 Å². The van der Waals surface area contributed by atoms with E-state index >= 15 is 0 Å². The van der Waals surface area contributed by atoms with Crippen LogP contribution >= 0.6 is 11.3 Å². The Bertz CT molecular complexity index is 398. The highest BCUT2D eigenvalue weighted by Crippen LogP contribution is 2.14. The second-order valence-corrected chi connectivity index (χ2v) is 6.08. The number of rotatable bonds is 4. The van der Waals surface area contributed by atoms with Gasteiger partial charge in [-0.3, -0.25) is 0 Å². The standard InChI is InChI=1S/C12H21N3O2S/c1-8-10(18-7-14-8)5-9(6-13)15-11(16)17-12(2,3)4/h7,9H,5-6,13H2,1-4H3,(H,15,16). The van der Waals surface area contributed by atoms with Crippen molar-refractivity contribution >= 4 is 17.4 Å². The fourth-order valence-electron chi connectivity index (χ4n) is 1.41. The van der Waals surface area contributed by atoms with E-state index in [1.54, 1.807) is 16.8 Å². The first kappa shape index (κ1) is 14.9. The molecule has 0 fully saturated rings. The predicted octanol–water partition coefficient (Wildman–Crippen LogP) is 1.85. The summed E-state index contributed by atoms with van der Waals surface area (Å²) in [5.41, 5.74) is 7.96. The molecule has 0 bridgehead atoms. The normalized spacial score (nSPS) is 13.2. The lowest BCUT2D eigenvalue weighted by Gasteiger charge is -2.22. The zero-order valence-corrected chi connectivity index (χ0v) is 12.1. The van der Waals surface area contributed by atoms with Gasteiger partial charge in [0.15, 0.2) is 0 Å².